The Bertz CT molecular complexity index is 1740. The lowest BCUT2D eigenvalue weighted by molar-refractivity contribution is 0.122. The van der Waals surface area contributed by atoms with Crippen LogP contribution in [0.25, 0.3) is 21.8 Å². The summed E-state index contributed by atoms with van der Waals surface area (Å²) >= 11 is 2.16. The van der Waals surface area contributed by atoms with E-state index >= 15 is 0 Å². The third kappa shape index (κ3) is 6.64. The second-order valence-electron chi connectivity index (χ2n) is 10.2. The van der Waals surface area contributed by atoms with Crippen molar-refractivity contribution in [3.05, 3.63) is 89.5 Å². The molecule has 3 aromatic heterocycles. The van der Waals surface area contributed by atoms with Crippen LogP contribution in [0, 0.1) is 17.5 Å². The average Bonchev–Trinajstić information content (AvgIpc) is 3.49. The second-order valence-corrected chi connectivity index (χ2v) is 12.1. The number of hydrogen-bond acceptors (Lipinski definition) is 10. The summed E-state index contributed by atoms with van der Waals surface area (Å²) in [7, 11) is 0. The zero-order chi connectivity index (χ0) is 30.6. The molecule has 1 aliphatic heterocycles. The largest absolute Gasteiger partial charge is 0.378 e. The van der Waals surface area contributed by atoms with Gasteiger partial charge >= 0.3 is 0 Å². The van der Waals surface area contributed by atoms with Crippen molar-refractivity contribution >= 4 is 46.4 Å². The highest BCUT2D eigenvalue weighted by Crippen LogP contribution is 2.40. The van der Waals surface area contributed by atoms with Gasteiger partial charge in [0.05, 0.1) is 57.0 Å². The van der Waals surface area contributed by atoms with E-state index in [1.165, 1.54) is 23.5 Å². The van der Waals surface area contributed by atoms with E-state index in [0.717, 1.165) is 46.6 Å². The molecule has 0 amide bonds. The van der Waals surface area contributed by atoms with Crippen molar-refractivity contribution in [2.75, 3.05) is 41.2 Å². The Morgan fingerprint density at radius 1 is 0.932 bits per heavy atom. The molecular weight excluding hydrogens is 608 g/mol. The van der Waals surface area contributed by atoms with Crippen molar-refractivity contribution in [2.24, 2.45) is 0 Å². The van der Waals surface area contributed by atoms with Gasteiger partial charge in [0.2, 0.25) is 5.95 Å². The van der Waals surface area contributed by atoms with E-state index in [1.807, 2.05) is 26.0 Å². The van der Waals surface area contributed by atoms with Crippen LogP contribution in [-0.2, 0) is 4.74 Å². The van der Waals surface area contributed by atoms with Crippen LogP contribution >= 0.6 is 23.3 Å². The Balaban J connectivity index is 1.27. The molecule has 0 atom stereocenters. The number of anilines is 4. The van der Waals surface area contributed by atoms with Gasteiger partial charge < -0.3 is 19.7 Å². The first-order valence-corrected chi connectivity index (χ1v) is 15.6. The van der Waals surface area contributed by atoms with Gasteiger partial charge in [-0.1, -0.05) is 19.9 Å². The molecule has 2 N–H and O–H groups in total. The summed E-state index contributed by atoms with van der Waals surface area (Å²) in [4.78, 5) is 21.3. The molecule has 0 bridgehead atoms. The number of nitrogens with zero attached hydrogens (tertiary/aromatic N) is 5. The fourth-order valence-electron chi connectivity index (χ4n) is 4.50. The molecule has 4 heterocycles. The average molecular weight is 636 g/mol. The van der Waals surface area contributed by atoms with Gasteiger partial charge in [0, 0.05) is 30.8 Å². The zero-order valence-corrected chi connectivity index (χ0v) is 25.5. The van der Waals surface area contributed by atoms with Gasteiger partial charge in [-0.2, -0.15) is 0 Å². The number of ether oxygens (including phenoxy) is 1. The van der Waals surface area contributed by atoms with Crippen LogP contribution in [-0.4, -0.2) is 46.2 Å². The highest BCUT2D eigenvalue weighted by atomic mass is 32.2. The number of pyridine rings is 1. The summed E-state index contributed by atoms with van der Waals surface area (Å²) in [6.07, 6.45) is 3.41. The fourth-order valence-corrected chi connectivity index (χ4v) is 6.26. The second kappa shape index (κ2) is 13.2. The number of halogens is 3. The van der Waals surface area contributed by atoms with E-state index in [9.17, 15) is 13.2 Å². The SMILES string of the molecule is CC(C)c1nc(-c2ccc(F)c(NSc3c(F)cccc3F)c2)c(-c2ccnc(Nc3ccc(N4CCOCC4)nc3)n2)s1. The van der Waals surface area contributed by atoms with E-state index in [2.05, 4.69) is 24.9 Å². The molecule has 0 spiro atoms. The first-order chi connectivity index (χ1) is 21.4. The number of aromatic nitrogens is 4. The Morgan fingerprint density at radius 3 is 2.45 bits per heavy atom. The smallest absolute Gasteiger partial charge is 0.227 e. The molecule has 5 aromatic rings. The number of rotatable bonds is 9. The topological polar surface area (TPSA) is 88.1 Å². The van der Waals surface area contributed by atoms with Crippen molar-refractivity contribution in [1.82, 2.24) is 19.9 Å². The Kier molecular flexibility index (Phi) is 8.96. The van der Waals surface area contributed by atoms with Gasteiger partial charge in [-0.15, -0.1) is 11.3 Å². The van der Waals surface area contributed by atoms with Gasteiger partial charge in [0.1, 0.15) is 23.3 Å². The maximum Gasteiger partial charge on any atom is 0.227 e. The van der Waals surface area contributed by atoms with Crippen LogP contribution < -0.4 is 14.9 Å². The summed E-state index contributed by atoms with van der Waals surface area (Å²) < 4.78 is 51.3. The number of morpholine rings is 1. The van der Waals surface area contributed by atoms with E-state index in [0.29, 0.717) is 48.1 Å². The molecule has 1 saturated heterocycles. The van der Waals surface area contributed by atoms with Crippen molar-refractivity contribution < 1.29 is 17.9 Å². The molecule has 0 radical (unpaired) electrons. The quantitative estimate of drug-likeness (QED) is 0.157. The molecule has 226 valence electrons. The standard InChI is InChI=1S/C31H28F3N7OS2/c1-18(2)30-39-27(19-6-8-21(32)25(16-19)40-44-28-22(33)4-3-5-23(28)34)29(43-30)24-10-11-35-31(38-24)37-20-7-9-26(36-17-20)41-12-14-42-15-13-41/h3-11,16-18,40H,12-15H2,1-2H3,(H,35,37,38). The maximum atomic E-state index is 14.8. The Labute approximate surface area is 260 Å². The number of hydrogen-bond donors (Lipinski definition) is 2. The molecule has 0 unspecified atom stereocenters. The molecule has 0 aliphatic carbocycles. The van der Waals surface area contributed by atoms with Gasteiger partial charge in [0.15, 0.2) is 0 Å². The van der Waals surface area contributed by atoms with Crippen molar-refractivity contribution in [1.29, 1.82) is 0 Å². The van der Waals surface area contributed by atoms with Crippen LogP contribution in [0.5, 0.6) is 0 Å². The lowest BCUT2D eigenvalue weighted by Gasteiger charge is -2.27. The number of thiazole rings is 1. The van der Waals surface area contributed by atoms with Gasteiger partial charge in [0.25, 0.3) is 0 Å². The third-order valence-corrected chi connectivity index (χ3v) is 9.08. The molecule has 1 fully saturated rings. The maximum absolute atomic E-state index is 14.8. The first kappa shape index (κ1) is 29.9. The van der Waals surface area contributed by atoms with E-state index in [4.69, 9.17) is 14.7 Å². The Morgan fingerprint density at radius 2 is 1.73 bits per heavy atom. The Hall–Kier alpha value is -4.20. The van der Waals surface area contributed by atoms with Gasteiger partial charge in [-0.25, -0.2) is 33.1 Å². The lowest BCUT2D eigenvalue weighted by atomic mass is 10.1. The molecule has 8 nitrogen and oxygen atoms in total. The van der Waals surface area contributed by atoms with Gasteiger partial charge in [-0.05, 0) is 60.5 Å². The summed E-state index contributed by atoms with van der Waals surface area (Å²) in [5.41, 5.74) is 2.69. The third-order valence-electron chi connectivity index (χ3n) is 6.79. The fraction of sp³-hybridized carbons (Fsp3) is 0.226. The van der Waals surface area contributed by atoms with Crippen LogP contribution in [0.3, 0.4) is 0 Å². The molecule has 6 rings (SSSR count). The summed E-state index contributed by atoms with van der Waals surface area (Å²) in [6, 6.07) is 13.8. The zero-order valence-electron chi connectivity index (χ0n) is 23.9. The normalized spacial score (nSPS) is 13.4. The highest BCUT2D eigenvalue weighted by Gasteiger charge is 2.20. The van der Waals surface area contributed by atoms with E-state index in [1.54, 1.807) is 30.6 Å². The van der Waals surface area contributed by atoms with Crippen molar-refractivity contribution in [2.45, 2.75) is 24.7 Å². The highest BCUT2D eigenvalue weighted by molar-refractivity contribution is 8.00. The van der Waals surface area contributed by atoms with Crippen LogP contribution in [0.1, 0.15) is 24.8 Å². The van der Waals surface area contributed by atoms with E-state index in [-0.39, 0.29) is 16.5 Å². The molecule has 0 saturated carbocycles. The lowest BCUT2D eigenvalue weighted by Crippen LogP contribution is -2.36. The van der Waals surface area contributed by atoms with E-state index < -0.39 is 17.5 Å². The van der Waals surface area contributed by atoms with Crippen molar-refractivity contribution in [3.63, 3.8) is 0 Å². The van der Waals surface area contributed by atoms with Crippen molar-refractivity contribution in [3.8, 4) is 21.8 Å². The minimum Gasteiger partial charge on any atom is -0.378 e. The number of benzene rings is 2. The van der Waals surface area contributed by atoms with Crippen LogP contribution in [0.15, 0.2) is 71.9 Å². The molecular formula is C31H28F3N7OS2. The first-order valence-electron chi connectivity index (χ1n) is 13.9. The predicted molar refractivity (Wildman–Crippen MR) is 169 cm³/mol. The molecule has 1 aliphatic rings. The predicted octanol–water partition coefficient (Wildman–Crippen LogP) is 7.90. The van der Waals surface area contributed by atoms with Crippen LogP contribution in [0.4, 0.5) is 36.3 Å². The summed E-state index contributed by atoms with van der Waals surface area (Å²) in [5, 5.41) is 4.11. The van der Waals surface area contributed by atoms with Crippen LogP contribution in [0.2, 0.25) is 0 Å². The molecule has 44 heavy (non-hydrogen) atoms. The number of nitrogens with one attached hydrogen (secondary N) is 2. The molecule has 2 aromatic carbocycles. The summed E-state index contributed by atoms with van der Waals surface area (Å²) in [5.74, 6) is -0.631. The minimum absolute atomic E-state index is 0.0678. The van der Waals surface area contributed by atoms with Gasteiger partial charge in [-0.3, -0.25) is 0 Å². The summed E-state index contributed by atoms with van der Waals surface area (Å²) in [6.45, 7) is 7.06. The minimum atomic E-state index is -0.737. The molecule has 13 heteroatoms. The monoisotopic (exact) mass is 635 g/mol.